The van der Waals surface area contributed by atoms with E-state index in [1.807, 2.05) is 0 Å². The predicted octanol–water partition coefficient (Wildman–Crippen LogP) is 3.32. The second-order valence-electron chi connectivity index (χ2n) is 2.28. The molecule has 1 aromatic rings. The minimum atomic E-state index is -4.36. The van der Waals surface area contributed by atoms with E-state index in [1.54, 1.807) is 0 Å². The third-order valence-electron chi connectivity index (χ3n) is 1.36. The summed E-state index contributed by atoms with van der Waals surface area (Å²) in [6, 6.07) is 4.49. The minimum absolute atomic E-state index is 0.173. The van der Waals surface area contributed by atoms with Crippen molar-refractivity contribution in [3.05, 3.63) is 29.8 Å². The van der Waals surface area contributed by atoms with Crippen molar-refractivity contribution < 1.29 is 17.7 Å². The fourth-order valence-corrected chi connectivity index (χ4v) is 1.06. The highest BCUT2D eigenvalue weighted by atomic mass is 31.1. The molecule has 70 valence electrons. The lowest BCUT2D eigenvalue weighted by atomic mass is 10.2. The lowest BCUT2D eigenvalue weighted by molar-refractivity contribution is -0.137. The van der Waals surface area contributed by atoms with Crippen LogP contribution in [0.1, 0.15) is 5.56 Å². The summed E-state index contributed by atoms with van der Waals surface area (Å²) in [6.45, 7) is 0. The van der Waals surface area contributed by atoms with Gasteiger partial charge >= 0.3 is 6.18 Å². The molecule has 0 aromatic heterocycles. The molecule has 0 bridgehead atoms. The number of hydrogen-bond donors (Lipinski definition) is 1. The molecule has 13 heavy (non-hydrogen) atoms. The van der Waals surface area contributed by atoms with Crippen LogP contribution in [0.5, 0.6) is 0 Å². The standard InChI is InChI=1S/C7H5F3NOP/c8-7(9,10)5-2-1-3-6(4-5)11-13-12/h1-4H,(H,11,12). The first-order valence-electron chi connectivity index (χ1n) is 3.29. The molecule has 0 atom stereocenters. The molecular weight excluding hydrogens is 202 g/mol. The van der Waals surface area contributed by atoms with Crippen molar-refractivity contribution in [3.8, 4) is 0 Å². The third-order valence-corrected chi connectivity index (χ3v) is 1.71. The second-order valence-corrected chi connectivity index (χ2v) is 2.69. The summed E-state index contributed by atoms with van der Waals surface area (Å²) in [5.74, 6) is 0. The molecule has 6 heteroatoms. The third kappa shape index (κ3) is 2.70. The number of halogens is 3. The maximum Gasteiger partial charge on any atom is 0.416 e. The van der Waals surface area contributed by atoms with Crippen molar-refractivity contribution in [2.75, 3.05) is 5.09 Å². The lowest BCUT2D eigenvalue weighted by Gasteiger charge is -2.07. The molecule has 0 aliphatic carbocycles. The number of nitrogens with one attached hydrogen (secondary N) is 1. The normalized spacial score (nSPS) is 11.6. The highest BCUT2D eigenvalue weighted by Crippen LogP contribution is 2.30. The van der Waals surface area contributed by atoms with Gasteiger partial charge in [-0.15, -0.1) is 0 Å². The van der Waals surface area contributed by atoms with Crippen molar-refractivity contribution in [1.82, 2.24) is 0 Å². The monoisotopic (exact) mass is 207 g/mol. The van der Waals surface area contributed by atoms with Gasteiger partial charge in [-0.2, -0.15) is 13.2 Å². The number of rotatable bonds is 2. The Morgan fingerprint density at radius 1 is 1.31 bits per heavy atom. The zero-order chi connectivity index (χ0) is 9.90. The van der Waals surface area contributed by atoms with E-state index in [9.17, 15) is 17.7 Å². The molecular formula is C7H5F3NOP. The first-order valence-corrected chi connectivity index (χ1v) is 4.11. The molecule has 0 saturated heterocycles. The van der Waals surface area contributed by atoms with E-state index < -0.39 is 20.4 Å². The zero-order valence-electron chi connectivity index (χ0n) is 6.30. The molecule has 0 aliphatic rings. The van der Waals surface area contributed by atoms with Crippen LogP contribution in [0, 0.1) is 0 Å². The molecule has 0 aliphatic heterocycles. The summed E-state index contributed by atoms with van der Waals surface area (Å²) >= 11 is 0. The van der Waals surface area contributed by atoms with Crippen LogP contribution < -0.4 is 5.09 Å². The van der Waals surface area contributed by atoms with Gasteiger partial charge in [0.2, 0.25) is 0 Å². The van der Waals surface area contributed by atoms with Crippen molar-refractivity contribution in [2.24, 2.45) is 0 Å². The van der Waals surface area contributed by atoms with Crippen molar-refractivity contribution in [3.63, 3.8) is 0 Å². The Bertz CT molecular complexity index is 313. The predicted molar refractivity (Wildman–Crippen MR) is 42.7 cm³/mol. The Morgan fingerprint density at radius 3 is 2.54 bits per heavy atom. The Balaban J connectivity index is 2.98. The van der Waals surface area contributed by atoms with Gasteiger partial charge in [0, 0.05) is 5.69 Å². The first kappa shape index (κ1) is 9.99. The Hall–Kier alpha value is -1.09. The van der Waals surface area contributed by atoms with Gasteiger partial charge < -0.3 is 5.09 Å². The average Bonchev–Trinajstić information content (AvgIpc) is 2.04. The molecule has 1 rings (SSSR count). The number of hydrogen-bond acceptors (Lipinski definition) is 1. The van der Waals surface area contributed by atoms with Gasteiger partial charge in [-0.05, 0) is 18.2 Å². The van der Waals surface area contributed by atoms with Crippen LogP contribution in [-0.4, -0.2) is 0 Å². The van der Waals surface area contributed by atoms with Crippen LogP contribution in [0.25, 0.3) is 0 Å². The van der Waals surface area contributed by atoms with Gasteiger partial charge in [0.25, 0.3) is 8.61 Å². The van der Waals surface area contributed by atoms with Crippen molar-refractivity contribution in [2.45, 2.75) is 6.18 Å². The summed E-state index contributed by atoms with van der Waals surface area (Å²) in [5.41, 5.74) is -0.590. The summed E-state index contributed by atoms with van der Waals surface area (Å²) < 4.78 is 46.3. The van der Waals surface area contributed by atoms with E-state index in [1.165, 1.54) is 12.1 Å². The van der Waals surface area contributed by atoms with E-state index in [0.717, 1.165) is 12.1 Å². The number of anilines is 1. The molecule has 0 heterocycles. The fourth-order valence-electron chi connectivity index (χ4n) is 0.818. The van der Waals surface area contributed by atoms with E-state index in [-0.39, 0.29) is 5.69 Å². The van der Waals surface area contributed by atoms with Gasteiger partial charge in [0.1, 0.15) is 0 Å². The van der Waals surface area contributed by atoms with Crippen LogP contribution in [0.4, 0.5) is 18.9 Å². The maximum absolute atomic E-state index is 12.1. The second kappa shape index (κ2) is 3.75. The summed E-state index contributed by atoms with van der Waals surface area (Å²) in [7, 11) is -0.423. The van der Waals surface area contributed by atoms with Crippen molar-refractivity contribution >= 4 is 14.3 Å². The van der Waals surface area contributed by atoms with Gasteiger partial charge in [-0.1, -0.05) is 6.07 Å². The molecule has 0 saturated carbocycles. The lowest BCUT2D eigenvalue weighted by Crippen LogP contribution is -2.04. The molecule has 0 amide bonds. The Morgan fingerprint density at radius 2 is 2.00 bits per heavy atom. The van der Waals surface area contributed by atoms with Gasteiger partial charge in [0.15, 0.2) is 0 Å². The fraction of sp³-hybridized carbons (Fsp3) is 0.143. The number of alkyl halides is 3. The SMILES string of the molecule is O=PNc1cccc(C(F)(F)F)c1. The van der Waals surface area contributed by atoms with E-state index in [4.69, 9.17) is 0 Å². The smallest absolute Gasteiger partial charge is 0.305 e. The summed E-state index contributed by atoms with van der Waals surface area (Å²) in [5, 5.41) is 2.24. The molecule has 0 fully saturated rings. The van der Waals surface area contributed by atoms with E-state index in [0.29, 0.717) is 0 Å². The van der Waals surface area contributed by atoms with Gasteiger partial charge in [-0.3, -0.25) is 0 Å². The Kier molecular flexibility index (Phi) is 2.88. The van der Waals surface area contributed by atoms with Gasteiger partial charge in [-0.25, -0.2) is 4.57 Å². The molecule has 0 radical (unpaired) electrons. The molecule has 0 unspecified atom stereocenters. The maximum atomic E-state index is 12.1. The average molecular weight is 207 g/mol. The van der Waals surface area contributed by atoms with E-state index >= 15 is 0 Å². The largest absolute Gasteiger partial charge is 0.416 e. The van der Waals surface area contributed by atoms with Crippen molar-refractivity contribution in [1.29, 1.82) is 0 Å². The van der Waals surface area contributed by atoms with Crippen LogP contribution in [0.15, 0.2) is 24.3 Å². The topological polar surface area (TPSA) is 29.1 Å². The highest BCUT2D eigenvalue weighted by molar-refractivity contribution is 7.25. The van der Waals surface area contributed by atoms with Gasteiger partial charge in [0.05, 0.1) is 5.56 Å². The molecule has 1 N–H and O–H groups in total. The summed E-state index contributed by atoms with van der Waals surface area (Å²) in [4.78, 5) is 0. The molecule has 2 nitrogen and oxygen atoms in total. The van der Waals surface area contributed by atoms with Crippen LogP contribution in [0.2, 0.25) is 0 Å². The zero-order valence-corrected chi connectivity index (χ0v) is 7.19. The highest BCUT2D eigenvalue weighted by Gasteiger charge is 2.30. The number of benzene rings is 1. The van der Waals surface area contributed by atoms with Crippen LogP contribution in [0.3, 0.4) is 0 Å². The quantitative estimate of drug-likeness (QED) is 0.753. The van der Waals surface area contributed by atoms with Crippen LogP contribution >= 0.6 is 8.61 Å². The minimum Gasteiger partial charge on any atom is -0.305 e. The molecule has 0 spiro atoms. The van der Waals surface area contributed by atoms with E-state index in [2.05, 4.69) is 5.09 Å². The van der Waals surface area contributed by atoms with Crippen LogP contribution in [-0.2, 0) is 10.7 Å². The summed E-state index contributed by atoms with van der Waals surface area (Å²) in [6.07, 6.45) is -4.36. The first-order chi connectivity index (χ1) is 6.04. The Labute approximate surface area is 74.0 Å². The molecule has 1 aromatic carbocycles.